The molecule has 1 fully saturated rings. The van der Waals surface area contributed by atoms with Crippen LogP contribution in [0.4, 0.5) is 11.4 Å². The number of pyridine rings is 1. The molecule has 1 saturated heterocycles. The zero-order chi connectivity index (χ0) is 22.0. The van der Waals surface area contributed by atoms with E-state index in [1.807, 2.05) is 43.3 Å². The Balaban J connectivity index is 1.69. The van der Waals surface area contributed by atoms with Gasteiger partial charge in [-0.15, -0.1) is 0 Å². The van der Waals surface area contributed by atoms with E-state index >= 15 is 0 Å². The number of carbonyl (C=O) groups excluding carboxylic acids is 1. The van der Waals surface area contributed by atoms with Gasteiger partial charge in [0.25, 0.3) is 0 Å². The lowest BCUT2D eigenvalue weighted by Crippen LogP contribution is -2.48. The lowest BCUT2D eigenvalue weighted by molar-refractivity contribution is -0.129. The first-order chi connectivity index (χ1) is 14.9. The van der Waals surface area contributed by atoms with Crippen LogP contribution >= 0.6 is 11.6 Å². The average Bonchev–Trinajstić information content (AvgIpc) is 2.79. The predicted octanol–water partition coefficient (Wildman–Crippen LogP) is 3.22. The van der Waals surface area contributed by atoms with E-state index in [0.717, 1.165) is 16.9 Å². The molecule has 0 bridgehead atoms. The fourth-order valence-corrected chi connectivity index (χ4v) is 4.85. The van der Waals surface area contributed by atoms with Crippen LogP contribution < -0.4 is 20.3 Å². The molecule has 7 nitrogen and oxygen atoms in total. The summed E-state index contributed by atoms with van der Waals surface area (Å²) in [5.74, 6) is -0.0896. The van der Waals surface area contributed by atoms with Crippen molar-refractivity contribution in [2.45, 2.75) is 24.9 Å². The van der Waals surface area contributed by atoms with Crippen LogP contribution in [0, 0.1) is 16.7 Å². The van der Waals surface area contributed by atoms with Crippen molar-refractivity contribution in [1.82, 2.24) is 10.3 Å². The van der Waals surface area contributed by atoms with Crippen molar-refractivity contribution in [3.05, 3.63) is 47.2 Å². The Bertz CT molecular complexity index is 999. The summed E-state index contributed by atoms with van der Waals surface area (Å²) >= 11 is 6.37. The molecule has 0 saturated carbocycles. The number of anilines is 2. The summed E-state index contributed by atoms with van der Waals surface area (Å²) in [5.41, 5.74) is 1.61. The van der Waals surface area contributed by atoms with Gasteiger partial charge in [-0.3, -0.25) is 9.78 Å². The number of nitrogens with zero attached hydrogens (tertiary/aromatic N) is 3. The van der Waals surface area contributed by atoms with Gasteiger partial charge in [0.1, 0.15) is 5.75 Å². The van der Waals surface area contributed by atoms with E-state index in [9.17, 15) is 10.1 Å². The second-order valence-corrected chi connectivity index (χ2v) is 8.72. The molecule has 2 aromatic rings. The van der Waals surface area contributed by atoms with Crippen LogP contribution in [0.5, 0.6) is 5.75 Å². The van der Waals surface area contributed by atoms with Crippen molar-refractivity contribution in [3.63, 3.8) is 0 Å². The highest BCUT2D eigenvalue weighted by atomic mass is 35.5. The number of rotatable bonds is 5. The van der Waals surface area contributed by atoms with E-state index in [1.165, 1.54) is 0 Å². The zero-order valence-electron chi connectivity index (χ0n) is 17.7. The van der Waals surface area contributed by atoms with Crippen LogP contribution in [0.2, 0.25) is 5.02 Å². The first-order valence-corrected chi connectivity index (χ1v) is 10.8. The number of fused-ring (bicyclic) bond motifs is 1. The van der Waals surface area contributed by atoms with E-state index in [0.29, 0.717) is 43.2 Å². The Morgan fingerprint density at radius 2 is 2.03 bits per heavy atom. The van der Waals surface area contributed by atoms with Gasteiger partial charge < -0.3 is 20.3 Å². The van der Waals surface area contributed by atoms with Crippen molar-refractivity contribution in [2.75, 3.05) is 43.9 Å². The predicted molar refractivity (Wildman–Crippen MR) is 121 cm³/mol. The summed E-state index contributed by atoms with van der Waals surface area (Å²) in [6.07, 6.45) is 3.85. The SMILES string of the molecule is CN(C)c1cc2c(cc1Cl)NCC(C(=O)C(c1ccncc1)C1(C#N)CCNCC1)O2. The third-order valence-corrected chi connectivity index (χ3v) is 6.49. The molecule has 0 amide bonds. The Morgan fingerprint density at radius 1 is 1.32 bits per heavy atom. The van der Waals surface area contributed by atoms with E-state index in [1.54, 1.807) is 12.4 Å². The first-order valence-electron chi connectivity index (χ1n) is 10.4. The molecule has 0 radical (unpaired) electrons. The maximum absolute atomic E-state index is 13.9. The van der Waals surface area contributed by atoms with Crippen LogP contribution in [0.1, 0.15) is 24.3 Å². The second kappa shape index (κ2) is 8.74. The van der Waals surface area contributed by atoms with E-state index in [-0.39, 0.29) is 5.78 Å². The minimum absolute atomic E-state index is 0.0887. The normalized spacial score (nSPS) is 20.4. The molecule has 2 atom stereocenters. The molecular weight excluding hydrogens is 414 g/mol. The second-order valence-electron chi connectivity index (χ2n) is 8.32. The number of Topliss-reactive ketones (excluding diaryl/α,β-unsaturated/α-hetero) is 1. The van der Waals surface area contributed by atoms with Crippen molar-refractivity contribution < 1.29 is 9.53 Å². The third-order valence-electron chi connectivity index (χ3n) is 6.19. The highest BCUT2D eigenvalue weighted by Crippen LogP contribution is 2.45. The maximum Gasteiger partial charge on any atom is 0.184 e. The van der Waals surface area contributed by atoms with Gasteiger partial charge >= 0.3 is 0 Å². The van der Waals surface area contributed by atoms with Crippen LogP contribution in [0.3, 0.4) is 0 Å². The number of nitrogens with one attached hydrogen (secondary N) is 2. The molecule has 8 heteroatoms. The highest BCUT2D eigenvalue weighted by molar-refractivity contribution is 6.33. The van der Waals surface area contributed by atoms with E-state index in [2.05, 4.69) is 21.7 Å². The summed E-state index contributed by atoms with van der Waals surface area (Å²) in [6.45, 7) is 1.74. The molecule has 2 aliphatic heterocycles. The molecule has 2 aliphatic rings. The molecule has 0 spiro atoms. The fourth-order valence-electron chi connectivity index (χ4n) is 4.51. The van der Waals surface area contributed by atoms with Crippen molar-refractivity contribution >= 4 is 28.8 Å². The van der Waals surface area contributed by atoms with E-state index < -0.39 is 17.4 Å². The zero-order valence-corrected chi connectivity index (χ0v) is 18.4. The molecule has 31 heavy (non-hydrogen) atoms. The molecule has 0 aliphatic carbocycles. The van der Waals surface area contributed by atoms with Crippen LogP contribution in [-0.4, -0.2) is 50.6 Å². The monoisotopic (exact) mass is 439 g/mol. The van der Waals surface area contributed by atoms with Crippen molar-refractivity contribution in [1.29, 1.82) is 5.26 Å². The standard InChI is InChI=1S/C23H26ClN5O2/c1-29(2)18-12-19-17(11-16(18)24)28-13-20(31-19)22(30)21(15-3-7-26-8-4-15)23(14-25)5-9-27-10-6-23/h3-4,7-8,11-12,20-21,27-28H,5-6,9-10,13H2,1-2H3. The lowest BCUT2D eigenvalue weighted by Gasteiger charge is -2.39. The molecule has 2 unspecified atom stereocenters. The highest BCUT2D eigenvalue weighted by Gasteiger charge is 2.48. The molecule has 2 N–H and O–H groups in total. The van der Waals surface area contributed by atoms with Gasteiger partial charge in [0.2, 0.25) is 0 Å². The van der Waals surface area contributed by atoms with Gasteiger partial charge in [-0.25, -0.2) is 0 Å². The Labute approximate surface area is 187 Å². The largest absolute Gasteiger partial charge is 0.479 e. The number of benzene rings is 1. The van der Waals surface area contributed by atoms with Gasteiger partial charge in [0.15, 0.2) is 11.9 Å². The first kappa shape index (κ1) is 21.4. The quantitative estimate of drug-likeness (QED) is 0.739. The molecule has 162 valence electrons. The van der Waals surface area contributed by atoms with E-state index in [4.69, 9.17) is 16.3 Å². The lowest BCUT2D eigenvalue weighted by atomic mass is 9.65. The minimum atomic E-state index is -0.776. The van der Waals surface area contributed by atoms with Crippen LogP contribution in [0.15, 0.2) is 36.7 Å². The number of nitriles is 1. The number of ketones is 1. The molecule has 4 rings (SSSR count). The number of aromatic nitrogens is 1. The van der Waals surface area contributed by atoms with Gasteiger partial charge in [-0.05, 0) is 49.7 Å². The number of piperidine rings is 1. The van der Waals surface area contributed by atoms with Gasteiger partial charge in [0, 0.05) is 32.6 Å². The third kappa shape index (κ3) is 4.06. The maximum atomic E-state index is 13.9. The topological polar surface area (TPSA) is 90.3 Å². The summed E-state index contributed by atoms with van der Waals surface area (Å²) in [4.78, 5) is 19.9. The molecule has 1 aromatic heterocycles. The molecule has 1 aromatic carbocycles. The number of carbonyl (C=O) groups is 1. The summed E-state index contributed by atoms with van der Waals surface area (Å²) in [5, 5.41) is 17.4. The van der Waals surface area contributed by atoms with Gasteiger partial charge in [-0.1, -0.05) is 11.6 Å². The minimum Gasteiger partial charge on any atom is -0.479 e. The Hall–Kier alpha value is -2.82. The summed E-state index contributed by atoms with van der Waals surface area (Å²) in [6, 6.07) is 9.83. The Kier molecular flexibility index (Phi) is 6.03. The van der Waals surface area contributed by atoms with Gasteiger partial charge in [-0.2, -0.15) is 5.26 Å². The number of hydrogen-bond donors (Lipinski definition) is 2. The number of halogens is 1. The number of hydrogen-bond acceptors (Lipinski definition) is 7. The fraction of sp³-hybridized carbons (Fsp3) is 0.435. The smallest absolute Gasteiger partial charge is 0.184 e. The van der Waals surface area contributed by atoms with Gasteiger partial charge in [0.05, 0.1) is 40.3 Å². The molecular formula is C23H26ClN5O2. The Morgan fingerprint density at radius 3 is 2.68 bits per heavy atom. The molecule has 3 heterocycles. The van der Waals surface area contributed by atoms with Crippen molar-refractivity contribution in [3.8, 4) is 11.8 Å². The summed E-state index contributed by atoms with van der Waals surface area (Å²) < 4.78 is 6.18. The summed E-state index contributed by atoms with van der Waals surface area (Å²) in [7, 11) is 3.81. The van der Waals surface area contributed by atoms with Crippen molar-refractivity contribution in [2.24, 2.45) is 5.41 Å². The average molecular weight is 440 g/mol. The van der Waals surface area contributed by atoms with Crippen LogP contribution in [-0.2, 0) is 4.79 Å². The number of ether oxygens (including phenoxy) is 1. The van der Waals surface area contributed by atoms with Crippen LogP contribution in [0.25, 0.3) is 0 Å².